The predicted molar refractivity (Wildman–Crippen MR) is 110 cm³/mol. The highest BCUT2D eigenvalue weighted by atomic mass is 35.5. The lowest BCUT2D eigenvalue weighted by Gasteiger charge is -2.29. The van der Waals surface area contributed by atoms with Gasteiger partial charge in [0.25, 0.3) is 0 Å². The number of ether oxygens (including phenoxy) is 1. The standard InChI is InChI=1S/C21H22ClN3O4/c1-11(26)16-10-14(19(27)23-17-9-12(22)7-8-18(17)29-2)21(25-16)13-5-3-4-6-15(13)24-20(21)28/h3-9,11,14,16,25-26H,10H2,1-2H3,(H,23,27)(H,24,28)/t11-,14+,16-,21-/m0/s1. The van der Waals surface area contributed by atoms with E-state index in [2.05, 4.69) is 16.0 Å². The lowest BCUT2D eigenvalue weighted by Crippen LogP contribution is -2.53. The number of hydrogen-bond acceptors (Lipinski definition) is 5. The van der Waals surface area contributed by atoms with Gasteiger partial charge >= 0.3 is 0 Å². The molecule has 29 heavy (non-hydrogen) atoms. The second-order valence-corrected chi connectivity index (χ2v) is 7.86. The molecule has 4 rings (SSSR count). The van der Waals surface area contributed by atoms with Gasteiger partial charge in [-0.3, -0.25) is 14.9 Å². The molecule has 2 aliphatic heterocycles. The summed E-state index contributed by atoms with van der Waals surface area (Å²) in [7, 11) is 1.50. The zero-order valence-electron chi connectivity index (χ0n) is 16.0. The second-order valence-electron chi connectivity index (χ2n) is 7.42. The number of halogens is 1. The first-order valence-corrected chi connectivity index (χ1v) is 9.75. The fourth-order valence-corrected chi connectivity index (χ4v) is 4.44. The molecule has 2 aromatic carbocycles. The van der Waals surface area contributed by atoms with Crippen molar-refractivity contribution in [1.82, 2.24) is 5.32 Å². The monoisotopic (exact) mass is 415 g/mol. The SMILES string of the molecule is COc1ccc(Cl)cc1NC(=O)[C@H]1C[C@@H]([C@H](C)O)N[C@]12C(=O)Nc1ccccc12. The number of nitrogens with one attached hydrogen (secondary N) is 3. The zero-order valence-corrected chi connectivity index (χ0v) is 16.8. The minimum Gasteiger partial charge on any atom is -0.495 e. The van der Waals surface area contributed by atoms with E-state index in [0.717, 1.165) is 0 Å². The maximum absolute atomic E-state index is 13.4. The third-order valence-electron chi connectivity index (χ3n) is 5.70. The van der Waals surface area contributed by atoms with Crippen LogP contribution in [0.4, 0.5) is 11.4 Å². The average molecular weight is 416 g/mol. The van der Waals surface area contributed by atoms with Crippen molar-refractivity contribution in [3.05, 3.63) is 53.1 Å². The van der Waals surface area contributed by atoms with Crippen molar-refractivity contribution in [3.8, 4) is 5.75 Å². The molecule has 4 atom stereocenters. The summed E-state index contributed by atoms with van der Waals surface area (Å²) in [6, 6.07) is 11.8. The molecule has 1 fully saturated rings. The summed E-state index contributed by atoms with van der Waals surface area (Å²) < 4.78 is 5.31. The number of hydrogen-bond donors (Lipinski definition) is 4. The van der Waals surface area contributed by atoms with Crippen molar-refractivity contribution < 1.29 is 19.4 Å². The van der Waals surface area contributed by atoms with E-state index in [0.29, 0.717) is 34.1 Å². The fraction of sp³-hybridized carbons (Fsp3) is 0.333. The van der Waals surface area contributed by atoms with Crippen LogP contribution in [0.1, 0.15) is 18.9 Å². The van der Waals surface area contributed by atoms with Gasteiger partial charge in [-0.05, 0) is 37.6 Å². The number of carbonyl (C=O) groups excluding carboxylic acids is 2. The van der Waals surface area contributed by atoms with Gasteiger partial charge in [0.2, 0.25) is 11.8 Å². The van der Waals surface area contributed by atoms with Crippen molar-refractivity contribution in [3.63, 3.8) is 0 Å². The Kier molecular flexibility index (Phi) is 4.98. The molecule has 4 N–H and O–H groups in total. The molecule has 2 aromatic rings. The second kappa shape index (κ2) is 7.33. The van der Waals surface area contributed by atoms with Gasteiger partial charge in [0.1, 0.15) is 11.3 Å². The lowest BCUT2D eigenvalue weighted by molar-refractivity contribution is -0.130. The Hall–Kier alpha value is -2.61. The molecule has 0 unspecified atom stereocenters. The normalized spacial score (nSPS) is 26.1. The van der Waals surface area contributed by atoms with Gasteiger partial charge in [-0.25, -0.2) is 0 Å². The highest BCUT2D eigenvalue weighted by Crippen LogP contribution is 2.47. The molecule has 0 radical (unpaired) electrons. The summed E-state index contributed by atoms with van der Waals surface area (Å²) in [5.41, 5.74) is 0.529. The van der Waals surface area contributed by atoms with Crippen molar-refractivity contribution in [1.29, 1.82) is 0 Å². The maximum Gasteiger partial charge on any atom is 0.250 e. The van der Waals surface area contributed by atoms with E-state index in [4.69, 9.17) is 16.3 Å². The number of rotatable bonds is 4. The van der Waals surface area contributed by atoms with Gasteiger partial charge in [-0.15, -0.1) is 0 Å². The topological polar surface area (TPSA) is 99.7 Å². The van der Waals surface area contributed by atoms with Gasteiger partial charge < -0.3 is 20.5 Å². The maximum atomic E-state index is 13.4. The Morgan fingerprint density at radius 1 is 1.34 bits per heavy atom. The van der Waals surface area contributed by atoms with Crippen LogP contribution < -0.4 is 20.7 Å². The van der Waals surface area contributed by atoms with E-state index in [9.17, 15) is 14.7 Å². The highest BCUT2D eigenvalue weighted by molar-refractivity contribution is 6.31. The largest absolute Gasteiger partial charge is 0.495 e. The molecule has 0 aromatic heterocycles. The Labute approximate surface area is 173 Å². The summed E-state index contributed by atoms with van der Waals surface area (Å²) in [5.74, 6) is -0.936. The number of methoxy groups -OCH3 is 1. The smallest absolute Gasteiger partial charge is 0.250 e. The van der Waals surface area contributed by atoms with Crippen molar-refractivity contribution in [2.75, 3.05) is 17.7 Å². The van der Waals surface area contributed by atoms with Gasteiger partial charge in [0, 0.05) is 22.3 Å². The third-order valence-corrected chi connectivity index (χ3v) is 5.94. The van der Waals surface area contributed by atoms with Crippen LogP contribution in [-0.4, -0.2) is 36.2 Å². The summed E-state index contributed by atoms with van der Waals surface area (Å²) in [4.78, 5) is 26.5. The summed E-state index contributed by atoms with van der Waals surface area (Å²) >= 11 is 6.08. The summed E-state index contributed by atoms with van der Waals surface area (Å²) in [6.45, 7) is 1.64. The van der Waals surface area contributed by atoms with E-state index < -0.39 is 23.6 Å². The number of fused-ring (bicyclic) bond motifs is 2. The minimum absolute atomic E-state index is 0.300. The third kappa shape index (κ3) is 3.15. The Morgan fingerprint density at radius 2 is 2.10 bits per heavy atom. The average Bonchev–Trinajstić information content (AvgIpc) is 3.22. The molecule has 8 heteroatoms. The number of benzene rings is 2. The van der Waals surface area contributed by atoms with Gasteiger partial charge in [0.15, 0.2) is 0 Å². The van der Waals surface area contributed by atoms with Crippen LogP contribution in [0.5, 0.6) is 5.75 Å². The van der Waals surface area contributed by atoms with E-state index in [1.807, 2.05) is 18.2 Å². The van der Waals surface area contributed by atoms with E-state index in [1.54, 1.807) is 31.2 Å². The zero-order chi connectivity index (χ0) is 20.8. The van der Waals surface area contributed by atoms with E-state index >= 15 is 0 Å². The van der Waals surface area contributed by atoms with E-state index in [-0.39, 0.29) is 11.8 Å². The van der Waals surface area contributed by atoms with Crippen molar-refractivity contribution >= 4 is 34.8 Å². The van der Waals surface area contributed by atoms with Gasteiger partial charge in [0.05, 0.1) is 24.8 Å². The predicted octanol–water partition coefficient (Wildman–Crippen LogP) is 2.49. The molecular weight excluding hydrogens is 394 g/mol. The molecule has 1 saturated heterocycles. The van der Waals surface area contributed by atoms with Crippen LogP contribution in [0.15, 0.2) is 42.5 Å². The first-order valence-electron chi connectivity index (χ1n) is 9.38. The molecule has 0 aliphatic carbocycles. The molecule has 152 valence electrons. The molecule has 0 bridgehead atoms. The van der Waals surface area contributed by atoms with Gasteiger partial charge in [-0.1, -0.05) is 29.8 Å². The highest BCUT2D eigenvalue weighted by Gasteiger charge is 2.60. The Morgan fingerprint density at radius 3 is 2.83 bits per heavy atom. The fourth-order valence-electron chi connectivity index (χ4n) is 4.27. The number of aliphatic hydroxyl groups excluding tert-OH is 1. The molecule has 7 nitrogen and oxygen atoms in total. The van der Waals surface area contributed by atoms with Crippen LogP contribution in [0, 0.1) is 5.92 Å². The van der Waals surface area contributed by atoms with Crippen LogP contribution in [0.25, 0.3) is 0 Å². The first kappa shape index (κ1) is 19.7. The number of aliphatic hydroxyl groups is 1. The number of para-hydroxylation sites is 1. The van der Waals surface area contributed by atoms with Crippen molar-refractivity contribution in [2.24, 2.45) is 5.92 Å². The molecular formula is C21H22ClN3O4. The van der Waals surface area contributed by atoms with Crippen LogP contribution in [0.3, 0.4) is 0 Å². The van der Waals surface area contributed by atoms with Crippen LogP contribution >= 0.6 is 11.6 Å². The summed E-state index contributed by atoms with van der Waals surface area (Å²) in [5, 5.41) is 19.6. The minimum atomic E-state index is -1.26. The van der Waals surface area contributed by atoms with Crippen LogP contribution in [-0.2, 0) is 15.1 Å². The lowest BCUT2D eigenvalue weighted by atomic mass is 9.79. The van der Waals surface area contributed by atoms with Gasteiger partial charge in [-0.2, -0.15) is 0 Å². The number of anilines is 2. The van der Waals surface area contributed by atoms with E-state index in [1.165, 1.54) is 7.11 Å². The Bertz CT molecular complexity index is 980. The number of carbonyl (C=O) groups is 2. The quantitative estimate of drug-likeness (QED) is 0.614. The Balaban J connectivity index is 1.74. The molecule has 2 heterocycles. The molecule has 2 aliphatic rings. The summed E-state index contributed by atoms with van der Waals surface area (Å²) in [6.07, 6.45) is -0.431. The molecule has 1 spiro atoms. The first-order chi connectivity index (χ1) is 13.9. The van der Waals surface area contributed by atoms with Crippen molar-refractivity contribution in [2.45, 2.75) is 31.0 Å². The molecule has 0 saturated carbocycles. The van der Waals surface area contributed by atoms with Crippen LogP contribution in [0.2, 0.25) is 5.02 Å². The number of amides is 2. The molecule has 2 amide bonds.